The van der Waals surface area contributed by atoms with E-state index in [9.17, 15) is 5.11 Å². The average molecular weight is 181 g/mol. The predicted octanol–water partition coefficient (Wildman–Crippen LogP) is 3.87. The van der Waals surface area contributed by atoms with Crippen LogP contribution in [-0.4, -0.2) is 5.60 Å². The predicted molar refractivity (Wildman–Crippen MR) is 55.2 cm³/mol. The highest BCUT2D eigenvalue weighted by Gasteiger charge is 2.25. The van der Waals surface area contributed by atoms with Crippen molar-refractivity contribution in [3.05, 3.63) is 12.2 Å². The molecule has 0 spiro atoms. The molecule has 1 nitrogen and oxygen atoms in total. The minimum atomic E-state index is -0.726. The Morgan fingerprint density at radius 1 is 1.08 bits per heavy atom. The second kappa shape index (κ2) is 5.43. The second-order valence-electron chi connectivity index (χ2n) is 4.14. The molecule has 0 N–H and O–H groups in total. The van der Waals surface area contributed by atoms with Gasteiger partial charge in [0.15, 0.2) is 0 Å². The first kappa shape index (κ1) is 10.8. The van der Waals surface area contributed by atoms with E-state index in [0.29, 0.717) is 0 Å². The van der Waals surface area contributed by atoms with E-state index in [1.807, 2.05) is 12.2 Å². The van der Waals surface area contributed by atoms with E-state index >= 15 is 0 Å². The Labute approximate surface area is 81.9 Å². The molecular weight excluding hydrogens is 160 g/mol. The van der Waals surface area contributed by atoms with Gasteiger partial charge >= 0.3 is 0 Å². The zero-order chi connectivity index (χ0) is 9.57. The van der Waals surface area contributed by atoms with E-state index in [0.717, 1.165) is 32.1 Å². The van der Waals surface area contributed by atoms with Gasteiger partial charge < -0.3 is 0 Å². The summed E-state index contributed by atoms with van der Waals surface area (Å²) in [6, 6.07) is 0. The van der Waals surface area contributed by atoms with E-state index < -0.39 is 5.60 Å². The Balaban J connectivity index is 2.46. The fraction of sp³-hybridized carbons (Fsp3) is 0.833. The highest BCUT2D eigenvalue weighted by atomic mass is 16.3. The molecule has 1 heteroatoms. The number of hydrogen-bond donors (Lipinski definition) is 0. The minimum absolute atomic E-state index is 0.726. The maximum absolute atomic E-state index is 12.2. The molecule has 0 amide bonds. The molecule has 75 valence electrons. The van der Waals surface area contributed by atoms with Crippen LogP contribution in [0.25, 0.3) is 0 Å². The highest BCUT2D eigenvalue weighted by molar-refractivity contribution is 5.00. The van der Waals surface area contributed by atoms with Gasteiger partial charge in [-0.25, -0.2) is 5.11 Å². The third-order valence-electron chi connectivity index (χ3n) is 2.86. The lowest BCUT2D eigenvalue weighted by Gasteiger charge is -2.24. The first-order chi connectivity index (χ1) is 6.27. The summed E-state index contributed by atoms with van der Waals surface area (Å²) in [4.78, 5) is 0. The van der Waals surface area contributed by atoms with Crippen LogP contribution in [0.3, 0.4) is 0 Å². The topological polar surface area (TPSA) is 19.9 Å². The van der Waals surface area contributed by atoms with Crippen molar-refractivity contribution < 1.29 is 5.11 Å². The van der Waals surface area contributed by atoms with E-state index in [4.69, 9.17) is 0 Å². The number of rotatable bonds is 2. The Hall–Kier alpha value is -0.300. The van der Waals surface area contributed by atoms with E-state index in [1.54, 1.807) is 0 Å². The summed E-state index contributed by atoms with van der Waals surface area (Å²) in [5.74, 6) is 0. The molecule has 0 aromatic rings. The molecule has 1 fully saturated rings. The van der Waals surface area contributed by atoms with Crippen molar-refractivity contribution in [2.24, 2.45) is 0 Å². The Kier molecular flexibility index (Phi) is 4.51. The van der Waals surface area contributed by atoms with Crippen LogP contribution in [-0.2, 0) is 5.11 Å². The van der Waals surface area contributed by atoms with Crippen molar-refractivity contribution in [1.29, 1.82) is 0 Å². The summed E-state index contributed by atoms with van der Waals surface area (Å²) in [6.07, 6.45) is 12.7. The summed E-state index contributed by atoms with van der Waals surface area (Å²) in [7, 11) is 0. The Morgan fingerprint density at radius 3 is 2.15 bits per heavy atom. The second-order valence-corrected chi connectivity index (χ2v) is 4.14. The maximum Gasteiger partial charge on any atom is 0.122 e. The van der Waals surface area contributed by atoms with Crippen LogP contribution >= 0.6 is 0 Å². The quantitative estimate of drug-likeness (QED) is 0.576. The Bertz CT molecular complexity index is 153. The lowest BCUT2D eigenvalue weighted by atomic mass is 9.86. The molecule has 1 aliphatic rings. The normalized spacial score (nSPS) is 24.2. The zero-order valence-electron chi connectivity index (χ0n) is 8.72. The van der Waals surface area contributed by atoms with Gasteiger partial charge in [-0.15, -0.1) is 0 Å². The Morgan fingerprint density at radius 2 is 1.62 bits per heavy atom. The van der Waals surface area contributed by atoms with Crippen molar-refractivity contribution >= 4 is 0 Å². The van der Waals surface area contributed by atoms with Gasteiger partial charge in [-0.3, -0.25) is 0 Å². The average Bonchev–Trinajstić information content (AvgIpc) is 2.09. The van der Waals surface area contributed by atoms with Crippen LogP contribution in [0.2, 0.25) is 0 Å². The zero-order valence-corrected chi connectivity index (χ0v) is 8.72. The summed E-state index contributed by atoms with van der Waals surface area (Å²) in [6.45, 7) is 2.09. The van der Waals surface area contributed by atoms with Crippen LogP contribution in [0.4, 0.5) is 0 Å². The molecule has 0 unspecified atom stereocenters. The SMILES string of the molecule is CC/C=C/C1([O])CCCCCCC1. The van der Waals surface area contributed by atoms with Gasteiger partial charge in [-0.2, -0.15) is 0 Å². The van der Waals surface area contributed by atoms with Gasteiger partial charge in [0.25, 0.3) is 0 Å². The number of allylic oxidation sites excluding steroid dienone is 1. The first-order valence-electron chi connectivity index (χ1n) is 5.65. The van der Waals surface area contributed by atoms with Gasteiger partial charge in [-0.1, -0.05) is 51.2 Å². The molecule has 0 saturated heterocycles. The van der Waals surface area contributed by atoms with E-state index in [-0.39, 0.29) is 0 Å². The molecule has 0 aromatic heterocycles. The van der Waals surface area contributed by atoms with Crippen molar-refractivity contribution in [3.8, 4) is 0 Å². The standard InChI is InChI=1S/C12H21O/c1-2-3-9-12(13)10-7-5-4-6-8-11-12/h3,9H,2,4-8,10-11H2,1H3/b9-3+. The smallest absolute Gasteiger partial charge is 0.122 e. The van der Waals surface area contributed by atoms with Crippen LogP contribution in [0.5, 0.6) is 0 Å². The minimum Gasteiger partial charge on any atom is -0.225 e. The van der Waals surface area contributed by atoms with E-state index in [2.05, 4.69) is 6.92 Å². The third kappa shape index (κ3) is 3.95. The molecule has 0 aromatic carbocycles. The van der Waals surface area contributed by atoms with Crippen LogP contribution in [0, 0.1) is 0 Å². The highest BCUT2D eigenvalue weighted by Crippen LogP contribution is 2.27. The molecule has 1 radical (unpaired) electrons. The summed E-state index contributed by atoms with van der Waals surface area (Å²) in [5, 5.41) is 12.2. The van der Waals surface area contributed by atoms with Gasteiger partial charge in [0, 0.05) is 0 Å². The molecule has 1 rings (SSSR count). The van der Waals surface area contributed by atoms with Crippen LogP contribution in [0.1, 0.15) is 58.3 Å². The monoisotopic (exact) mass is 181 g/mol. The molecule has 1 saturated carbocycles. The lowest BCUT2D eigenvalue weighted by Crippen LogP contribution is -2.24. The van der Waals surface area contributed by atoms with Crippen molar-refractivity contribution in [2.45, 2.75) is 63.9 Å². The molecule has 0 bridgehead atoms. The van der Waals surface area contributed by atoms with Crippen molar-refractivity contribution in [3.63, 3.8) is 0 Å². The third-order valence-corrected chi connectivity index (χ3v) is 2.86. The fourth-order valence-corrected chi connectivity index (χ4v) is 2.00. The summed E-state index contributed by atoms with van der Waals surface area (Å²) < 4.78 is 0. The molecule has 0 aliphatic heterocycles. The molecule has 13 heavy (non-hydrogen) atoms. The van der Waals surface area contributed by atoms with Crippen LogP contribution < -0.4 is 0 Å². The van der Waals surface area contributed by atoms with Gasteiger partial charge in [0.2, 0.25) is 0 Å². The van der Waals surface area contributed by atoms with Crippen molar-refractivity contribution in [1.82, 2.24) is 0 Å². The van der Waals surface area contributed by atoms with Gasteiger partial charge in [0.05, 0.1) is 0 Å². The largest absolute Gasteiger partial charge is 0.225 e. The maximum atomic E-state index is 12.2. The van der Waals surface area contributed by atoms with Crippen LogP contribution in [0.15, 0.2) is 12.2 Å². The van der Waals surface area contributed by atoms with Crippen molar-refractivity contribution in [2.75, 3.05) is 0 Å². The summed E-state index contributed by atoms with van der Waals surface area (Å²) in [5.41, 5.74) is -0.726. The molecule has 0 atom stereocenters. The van der Waals surface area contributed by atoms with Gasteiger partial charge in [-0.05, 0) is 19.3 Å². The fourth-order valence-electron chi connectivity index (χ4n) is 2.00. The number of hydrogen-bond acceptors (Lipinski definition) is 0. The molecule has 0 heterocycles. The lowest BCUT2D eigenvalue weighted by molar-refractivity contribution is -0.00759. The molecular formula is C12H21O. The summed E-state index contributed by atoms with van der Waals surface area (Å²) >= 11 is 0. The first-order valence-corrected chi connectivity index (χ1v) is 5.65. The van der Waals surface area contributed by atoms with E-state index in [1.165, 1.54) is 19.3 Å². The molecule has 1 aliphatic carbocycles. The van der Waals surface area contributed by atoms with Gasteiger partial charge in [0.1, 0.15) is 5.60 Å².